The summed E-state index contributed by atoms with van der Waals surface area (Å²) < 4.78 is 0. The van der Waals surface area contributed by atoms with Gasteiger partial charge in [0.25, 0.3) is 0 Å². The zero-order chi connectivity index (χ0) is 11.2. The quantitative estimate of drug-likeness (QED) is 0.695. The lowest BCUT2D eigenvalue weighted by atomic mass is 9.85. The highest BCUT2D eigenvalue weighted by Gasteiger charge is 2.12. The van der Waals surface area contributed by atoms with Crippen molar-refractivity contribution < 1.29 is 4.79 Å². The normalized spacial score (nSPS) is 17.2. The van der Waals surface area contributed by atoms with Crippen LogP contribution in [0.3, 0.4) is 0 Å². The van der Waals surface area contributed by atoms with Crippen LogP contribution in [0.25, 0.3) is 0 Å². The van der Waals surface area contributed by atoms with E-state index in [0.29, 0.717) is 0 Å². The lowest BCUT2D eigenvalue weighted by Gasteiger charge is -2.21. The first kappa shape index (κ1) is 11.4. The summed E-state index contributed by atoms with van der Waals surface area (Å²) >= 11 is 0. The Balaban J connectivity index is 1.85. The largest absolute Gasteiger partial charge is 0.298 e. The summed E-state index contributed by atoms with van der Waals surface area (Å²) in [5, 5.41) is 0. The molecule has 0 amide bonds. The summed E-state index contributed by atoms with van der Waals surface area (Å²) in [6.45, 7) is 0. The Bertz CT molecular complexity index is 337. The molecule has 0 aromatic heterocycles. The minimum Gasteiger partial charge on any atom is -0.298 e. The molecule has 1 aromatic carbocycles. The molecule has 1 aliphatic carbocycles. The zero-order valence-electron chi connectivity index (χ0n) is 9.82. The molecule has 0 bridgehead atoms. The topological polar surface area (TPSA) is 17.1 Å². The van der Waals surface area contributed by atoms with Crippen LogP contribution in [-0.4, -0.2) is 6.29 Å². The van der Waals surface area contributed by atoms with Crippen molar-refractivity contribution in [3.8, 4) is 0 Å². The van der Waals surface area contributed by atoms with Crippen LogP contribution in [-0.2, 0) is 6.42 Å². The van der Waals surface area contributed by atoms with Gasteiger partial charge in [-0.2, -0.15) is 0 Å². The minimum atomic E-state index is 0.807. The van der Waals surface area contributed by atoms with Crippen molar-refractivity contribution in [2.45, 2.75) is 44.9 Å². The van der Waals surface area contributed by atoms with E-state index < -0.39 is 0 Å². The summed E-state index contributed by atoms with van der Waals surface area (Å²) in [6.07, 6.45) is 10.4. The Morgan fingerprint density at radius 3 is 2.75 bits per heavy atom. The highest BCUT2D eigenvalue weighted by atomic mass is 16.1. The van der Waals surface area contributed by atoms with Crippen molar-refractivity contribution in [3.05, 3.63) is 35.4 Å². The Hall–Kier alpha value is -1.11. The van der Waals surface area contributed by atoms with Crippen LogP contribution >= 0.6 is 0 Å². The molecule has 2 rings (SSSR count). The third kappa shape index (κ3) is 3.19. The highest BCUT2D eigenvalue weighted by Crippen LogP contribution is 2.27. The molecule has 0 heterocycles. The van der Waals surface area contributed by atoms with Crippen molar-refractivity contribution in [2.75, 3.05) is 0 Å². The molecule has 86 valence electrons. The molecule has 0 radical (unpaired) electrons. The number of hydrogen-bond acceptors (Lipinski definition) is 1. The lowest BCUT2D eigenvalue weighted by Crippen LogP contribution is -2.07. The van der Waals surface area contributed by atoms with Crippen LogP contribution in [0, 0.1) is 5.92 Å². The van der Waals surface area contributed by atoms with Gasteiger partial charge in [0.1, 0.15) is 6.29 Å². The summed E-state index contributed by atoms with van der Waals surface area (Å²) in [6, 6.07) is 8.02. The van der Waals surface area contributed by atoms with Gasteiger partial charge in [0, 0.05) is 5.56 Å². The SMILES string of the molecule is O=Cc1cccc(CCC2CCCCC2)c1. The summed E-state index contributed by atoms with van der Waals surface area (Å²) in [5.74, 6) is 0.925. The number of carbonyl (C=O) groups excluding carboxylic acids is 1. The van der Waals surface area contributed by atoms with Gasteiger partial charge in [0.15, 0.2) is 0 Å². The van der Waals surface area contributed by atoms with E-state index in [2.05, 4.69) is 6.07 Å². The molecule has 16 heavy (non-hydrogen) atoms. The van der Waals surface area contributed by atoms with Gasteiger partial charge in [0.2, 0.25) is 0 Å². The standard InChI is InChI=1S/C15H20O/c16-12-15-8-4-7-14(11-15)10-9-13-5-2-1-3-6-13/h4,7-8,11-13H,1-3,5-6,9-10H2. The van der Waals surface area contributed by atoms with Crippen LogP contribution in [0.5, 0.6) is 0 Å². The van der Waals surface area contributed by atoms with Crippen molar-refractivity contribution in [1.82, 2.24) is 0 Å². The van der Waals surface area contributed by atoms with E-state index >= 15 is 0 Å². The Morgan fingerprint density at radius 2 is 2.00 bits per heavy atom. The molecule has 1 heteroatoms. The average molecular weight is 216 g/mol. The maximum absolute atomic E-state index is 10.7. The third-order valence-electron chi connectivity index (χ3n) is 3.65. The Morgan fingerprint density at radius 1 is 1.19 bits per heavy atom. The average Bonchev–Trinajstić information content (AvgIpc) is 2.38. The van der Waals surface area contributed by atoms with Gasteiger partial charge in [-0.25, -0.2) is 0 Å². The van der Waals surface area contributed by atoms with Crippen molar-refractivity contribution in [3.63, 3.8) is 0 Å². The molecule has 1 aromatic rings. The van der Waals surface area contributed by atoms with Gasteiger partial charge in [-0.1, -0.05) is 50.3 Å². The monoisotopic (exact) mass is 216 g/mol. The fraction of sp³-hybridized carbons (Fsp3) is 0.533. The molecular formula is C15H20O. The van der Waals surface area contributed by atoms with Gasteiger partial charge in [-0.3, -0.25) is 4.79 Å². The van der Waals surface area contributed by atoms with Crippen molar-refractivity contribution in [2.24, 2.45) is 5.92 Å². The number of rotatable bonds is 4. The molecule has 1 nitrogen and oxygen atoms in total. The van der Waals surface area contributed by atoms with Crippen molar-refractivity contribution in [1.29, 1.82) is 0 Å². The summed E-state index contributed by atoms with van der Waals surface area (Å²) in [7, 11) is 0. The summed E-state index contributed by atoms with van der Waals surface area (Å²) in [4.78, 5) is 10.7. The molecule has 0 spiro atoms. The Kier molecular flexibility index (Phi) is 4.15. The second-order valence-electron chi connectivity index (χ2n) is 4.91. The second-order valence-corrected chi connectivity index (χ2v) is 4.91. The summed E-state index contributed by atoms with van der Waals surface area (Å²) in [5.41, 5.74) is 2.12. The predicted molar refractivity (Wildman–Crippen MR) is 66.7 cm³/mol. The number of benzene rings is 1. The lowest BCUT2D eigenvalue weighted by molar-refractivity contribution is 0.112. The van der Waals surface area contributed by atoms with E-state index in [1.165, 1.54) is 44.1 Å². The van der Waals surface area contributed by atoms with Crippen LogP contribution in [0.15, 0.2) is 24.3 Å². The molecule has 1 saturated carbocycles. The van der Waals surface area contributed by atoms with Crippen LogP contribution in [0.1, 0.15) is 54.4 Å². The number of hydrogen-bond donors (Lipinski definition) is 0. The van der Waals surface area contributed by atoms with E-state index in [-0.39, 0.29) is 0 Å². The molecular weight excluding hydrogens is 196 g/mol. The van der Waals surface area contributed by atoms with E-state index in [1.54, 1.807) is 0 Å². The fourth-order valence-electron chi connectivity index (χ4n) is 2.67. The van der Waals surface area contributed by atoms with Crippen molar-refractivity contribution >= 4 is 6.29 Å². The first-order chi connectivity index (χ1) is 7.88. The molecule has 0 saturated heterocycles. The maximum Gasteiger partial charge on any atom is 0.150 e. The van der Waals surface area contributed by atoms with E-state index in [1.807, 2.05) is 18.2 Å². The highest BCUT2D eigenvalue weighted by molar-refractivity contribution is 5.74. The second kappa shape index (κ2) is 5.83. The molecule has 1 aliphatic rings. The van der Waals surface area contributed by atoms with E-state index in [9.17, 15) is 4.79 Å². The van der Waals surface area contributed by atoms with Gasteiger partial charge in [-0.15, -0.1) is 0 Å². The van der Waals surface area contributed by atoms with E-state index in [4.69, 9.17) is 0 Å². The van der Waals surface area contributed by atoms with Gasteiger partial charge in [-0.05, 0) is 30.4 Å². The fourth-order valence-corrected chi connectivity index (χ4v) is 2.67. The number of aryl methyl sites for hydroxylation is 1. The first-order valence-electron chi connectivity index (χ1n) is 6.42. The van der Waals surface area contributed by atoms with Crippen LogP contribution < -0.4 is 0 Å². The first-order valence-corrected chi connectivity index (χ1v) is 6.42. The molecule has 1 fully saturated rings. The predicted octanol–water partition coefficient (Wildman–Crippen LogP) is 4.01. The minimum absolute atomic E-state index is 0.807. The van der Waals surface area contributed by atoms with Gasteiger partial charge < -0.3 is 0 Å². The van der Waals surface area contributed by atoms with E-state index in [0.717, 1.165) is 24.2 Å². The number of carbonyl (C=O) groups is 1. The Labute approximate surface area is 97.9 Å². The zero-order valence-corrected chi connectivity index (χ0v) is 9.82. The van der Waals surface area contributed by atoms with Gasteiger partial charge >= 0.3 is 0 Å². The molecule has 0 unspecified atom stereocenters. The smallest absolute Gasteiger partial charge is 0.150 e. The van der Waals surface area contributed by atoms with Gasteiger partial charge in [0.05, 0.1) is 0 Å². The van der Waals surface area contributed by atoms with Crippen LogP contribution in [0.2, 0.25) is 0 Å². The molecule has 0 atom stereocenters. The molecule has 0 N–H and O–H groups in total. The van der Waals surface area contributed by atoms with Crippen LogP contribution in [0.4, 0.5) is 0 Å². The third-order valence-corrected chi connectivity index (χ3v) is 3.65. The number of aldehydes is 1. The maximum atomic E-state index is 10.7. The molecule has 0 aliphatic heterocycles.